The maximum Gasteiger partial charge on any atom is 0.271 e. The minimum absolute atomic E-state index is 0.0304. The number of nitrogens with zero attached hydrogens (tertiary/aromatic N) is 5. The molecule has 0 unspecified atom stereocenters. The van der Waals surface area contributed by atoms with Gasteiger partial charge in [0.05, 0.1) is 11.4 Å². The number of rotatable bonds is 5. The van der Waals surface area contributed by atoms with Crippen LogP contribution in [0.25, 0.3) is 16.7 Å². The Kier molecular flexibility index (Phi) is 6.92. The van der Waals surface area contributed by atoms with Crippen LogP contribution in [0, 0.1) is 0 Å². The number of hydrogen-bond acceptors (Lipinski definition) is 5. The van der Waals surface area contributed by atoms with E-state index in [1.165, 1.54) is 5.56 Å². The van der Waals surface area contributed by atoms with Crippen molar-refractivity contribution in [2.75, 3.05) is 32.9 Å². The first-order valence-corrected chi connectivity index (χ1v) is 13.2. The number of pyridine rings is 2. The molecule has 5 rings (SSSR count). The summed E-state index contributed by atoms with van der Waals surface area (Å²) in [5.41, 5.74) is 10.9. The zero-order valence-electron chi connectivity index (χ0n) is 21.3. The Hall–Kier alpha value is -3.43. The monoisotopic (exact) mass is 562 g/mol. The van der Waals surface area contributed by atoms with E-state index in [9.17, 15) is 9.59 Å². The molecule has 1 fully saturated rings. The van der Waals surface area contributed by atoms with Crippen LogP contribution in [-0.4, -0.2) is 57.0 Å². The summed E-state index contributed by atoms with van der Waals surface area (Å²) in [7, 11) is 5.57. The first kappa shape index (κ1) is 25.2. The fourth-order valence-corrected chi connectivity index (χ4v) is 5.47. The van der Waals surface area contributed by atoms with Gasteiger partial charge in [-0.1, -0.05) is 12.1 Å². The lowest BCUT2D eigenvalue weighted by Crippen LogP contribution is -2.33. The number of halogens is 1. The molecule has 4 aromatic rings. The standard InChI is InChI=1S/C28H31BrN6O2/c1-32(2)27(36)20-6-4-18(5-7-20)19-9-13-34(14-10-19)17-21-16-22-24(8-12-31-26(22)33(21)3)35-15-11-23(30)25(29)28(35)37/h4-8,11-12,15-16,19H,9-10,13-14,17,30H2,1-3H3. The molecule has 0 spiro atoms. The third-order valence-corrected chi connectivity index (χ3v) is 8.13. The van der Waals surface area contributed by atoms with Crippen molar-refractivity contribution < 1.29 is 4.79 Å². The Labute approximate surface area is 224 Å². The molecule has 192 valence electrons. The van der Waals surface area contributed by atoms with Crippen molar-refractivity contribution in [2.24, 2.45) is 7.05 Å². The molecule has 1 amide bonds. The zero-order chi connectivity index (χ0) is 26.3. The summed E-state index contributed by atoms with van der Waals surface area (Å²) in [6.45, 7) is 2.81. The van der Waals surface area contributed by atoms with Crippen molar-refractivity contribution in [3.8, 4) is 5.69 Å². The van der Waals surface area contributed by atoms with E-state index in [4.69, 9.17) is 5.73 Å². The van der Waals surface area contributed by atoms with Crippen LogP contribution in [0.1, 0.15) is 40.4 Å². The predicted octanol–water partition coefficient (Wildman–Crippen LogP) is 4.15. The zero-order valence-corrected chi connectivity index (χ0v) is 22.9. The summed E-state index contributed by atoms with van der Waals surface area (Å²) >= 11 is 3.31. The van der Waals surface area contributed by atoms with Crippen molar-refractivity contribution in [3.05, 3.63) is 86.5 Å². The predicted molar refractivity (Wildman–Crippen MR) is 150 cm³/mol. The van der Waals surface area contributed by atoms with Gasteiger partial charge < -0.3 is 15.2 Å². The number of nitrogens with two attached hydrogens (primary N) is 1. The average Bonchev–Trinajstić information content (AvgIpc) is 3.23. The van der Waals surface area contributed by atoms with E-state index in [0.29, 0.717) is 16.1 Å². The molecule has 0 saturated carbocycles. The number of aryl methyl sites for hydroxylation is 1. The quantitative estimate of drug-likeness (QED) is 0.394. The molecule has 2 N–H and O–H groups in total. The van der Waals surface area contributed by atoms with Crippen molar-refractivity contribution >= 4 is 38.6 Å². The molecular weight excluding hydrogens is 532 g/mol. The topological polar surface area (TPSA) is 89.4 Å². The molecule has 37 heavy (non-hydrogen) atoms. The molecule has 0 radical (unpaired) electrons. The van der Waals surface area contributed by atoms with Crippen LogP contribution in [0.4, 0.5) is 5.69 Å². The Morgan fingerprint density at radius 2 is 1.84 bits per heavy atom. The average molecular weight is 564 g/mol. The highest BCUT2D eigenvalue weighted by molar-refractivity contribution is 9.10. The Bertz CT molecular complexity index is 1510. The van der Waals surface area contributed by atoms with Gasteiger partial charge in [0.1, 0.15) is 10.1 Å². The van der Waals surface area contributed by atoms with E-state index >= 15 is 0 Å². The fraction of sp³-hybridized carbons (Fsp3) is 0.321. The molecule has 9 heteroatoms. The second kappa shape index (κ2) is 10.1. The van der Waals surface area contributed by atoms with Gasteiger partial charge in [0.25, 0.3) is 11.5 Å². The van der Waals surface area contributed by atoms with Crippen LogP contribution in [0.5, 0.6) is 0 Å². The van der Waals surface area contributed by atoms with Gasteiger partial charge in [-0.2, -0.15) is 0 Å². The van der Waals surface area contributed by atoms with Gasteiger partial charge in [-0.3, -0.25) is 19.1 Å². The second-order valence-electron chi connectivity index (χ2n) is 9.89. The van der Waals surface area contributed by atoms with Crippen molar-refractivity contribution in [2.45, 2.75) is 25.3 Å². The Morgan fingerprint density at radius 1 is 1.14 bits per heavy atom. The molecule has 0 atom stereocenters. The fourth-order valence-electron chi connectivity index (χ4n) is 5.14. The van der Waals surface area contributed by atoms with Gasteiger partial charge in [0, 0.05) is 56.7 Å². The molecule has 0 aliphatic carbocycles. The molecule has 1 aromatic carbocycles. The maximum atomic E-state index is 12.9. The van der Waals surface area contributed by atoms with Gasteiger partial charge >= 0.3 is 0 Å². The van der Waals surface area contributed by atoms with Crippen LogP contribution in [0.3, 0.4) is 0 Å². The van der Waals surface area contributed by atoms with Gasteiger partial charge in [-0.05, 0) is 83.7 Å². The summed E-state index contributed by atoms with van der Waals surface area (Å²) in [6.07, 6.45) is 5.59. The number of carbonyl (C=O) groups excluding carboxylic acids is 1. The van der Waals surface area contributed by atoms with Crippen LogP contribution in [-0.2, 0) is 13.6 Å². The van der Waals surface area contributed by atoms with Crippen LogP contribution in [0.15, 0.2) is 64.1 Å². The highest BCUT2D eigenvalue weighted by atomic mass is 79.9. The Balaban J connectivity index is 1.32. The molecule has 1 aliphatic rings. The lowest BCUT2D eigenvalue weighted by Gasteiger charge is -2.32. The molecule has 3 aromatic heterocycles. The summed E-state index contributed by atoms with van der Waals surface area (Å²) in [5, 5.41) is 0.931. The number of aromatic nitrogens is 3. The van der Waals surface area contributed by atoms with E-state index in [1.807, 2.05) is 25.2 Å². The first-order valence-electron chi connectivity index (χ1n) is 12.4. The summed E-state index contributed by atoms with van der Waals surface area (Å²) in [6, 6.07) is 13.8. The highest BCUT2D eigenvalue weighted by Gasteiger charge is 2.23. The smallest absolute Gasteiger partial charge is 0.271 e. The van der Waals surface area contributed by atoms with Gasteiger partial charge in [0.2, 0.25) is 0 Å². The van der Waals surface area contributed by atoms with Gasteiger partial charge in [-0.15, -0.1) is 0 Å². The van der Waals surface area contributed by atoms with Gasteiger partial charge in [0.15, 0.2) is 0 Å². The number of piperidine rings is 1. The number of anilines is 1. The normalized spacial score (nSPS) is 14.8. The van der Waals surface area contributed by atoms with Crippen molar-refractivity contribution in [3.63, 3.8) is 0 Å². The van der Waals surface area contributed by atoms with E-state index in [0.717, 1.165) is 60.5 Å². The molecular formula is C28H31BrN6O2. The van der Waals surface area contributed by atoms with Gasteiger partial charge in [-0.25, -0.2) is 4.98 Å². The summed E-state index contributed by atoms with van der Waals surface area (Å²) in [4.78, 5) is 33.7. The number of fused-ring (bicyclic) bond motifs is 1. The van der Waals surface area contributed by atoms with E-state index in [2.05, 4.69) is 48.6 Å². The van der Waals surface area contributed by atoms with Crippen LogP contribution < -0.4 is 11.3 Å². The number of benzene rings is 1. The number of amides is 1. The molecule has 4 heterocycles. The van der Waals surface area contributed by atoms with Crippen LogP contribution in [0.2, 0.25) is 0 Å². The first-order chi connectivity index (χ1) is 17.7. The highest BCUT2D eigenvalue weighted by Crippen LogP contribution is 2.30. The van der Waals surface area contributed by atoms with E-state index in [1.54, 1.807) is 42.0 Å². The minimum atomic E-state index is -0.195. The van der Waals surface area contributed by atoms with E-state index < -0.39 is 0 Å². The molecule has 1 aliphatic heterocycles. The third kappa shape index (κ3) is 4.81. The summed E-state index contributed by atoms with van der Waals surface area (Å²) in [5.74, 6) is 0.527. The van der Waals surface area contributed by atoms with Crippen molar-refractivity contribution in [1.82, 2.24) is 23.9 Å². The Morgan fingerprint density at radius 3 is 2.51 bits per heavy atom. The SMILES string of the molecule is CN(C)C(=O)c1ccc(C2CCN(Cc3cc4c(-n5ccc(N)c(Br)c5=O)ccnc4n3C)CC2)cc1. The number of likely N-dealkylation sites (tertiary alicyclic amines) is 1. The van der Waals surface area contributed by atoms with E-state index in [-0.39, 0.29) is 11.5 Å². The maximum absolute atomic E-state index is 12.9. The van der Waals surface area contributed by atoms with Crippen LogP contribution >= 0.6 is 15.9 Å². The minimum Gasteiger partial charge on any atom is -0.398 e. The van der Waals surface area contributed by atoms with Crippen molar-refractivity contribution in [1.29, 1.82) is 0 Å². The number of carbonyl (C=O) groups is 1. The largest absolute Gasteiger partial charge is 0.398 e. The molecule has 1 saturated heterocycles. The lowest BCUT2D eigenvalue weighted by atomic mass is 9.89. The second-order valence-corrected chi connectivity index (χ2v) is 10.7. The number of nitrogen functional groups attached to an aromatic ring is 1. The summed E-state index contributed by atoms with van der Waals surface area (Å²) < 4.78 is 4.08. The lowest BCUT2D eigenvalue weighted by molar-refractivity contribution is 0.0827. The number of hydrogen-bond donors (Lipinski definition) is 1. The molecule has 8 nitrogen and oxygen atoms in total. The molecule has 0 bridgehead atoms. The third-order valence-electron chi connectivity index (χ3n) is 7.34.